The zero-order valence-corrected chi connectivity index (χ0v) is 14.6. The fourth-order valence-corrected chi connectivity index (χ4v) is 2.33. The largest absolute Gasteiger partial charge is 0.465 e. The number of hydrogen-bond acceptors (Lipinski definition) is 5. The van der Waals surface area contributed by atoms with E-state index in [0.29, 0.717) is 19.6 Å². The standard InChI is InChI=1S/C18H24N4O3/c1-3-9-20-18(24)21-17(23)13-22(11-15-6-4-5-10-19-15)12-16-8-7-14(2)25-16/h4-8,10H,3,9,11-13H2,1-2H3,(H2,20,21,23,24). The lowest BCUT2D eigenvalue weighted by molar-refractivity contribution is -0.121. The van der Waals surface area contributed by atoms with E-state index in [2.05, 4.69) is 15.6 Å². The number of furan rings is 1. The van der Waals surface area contributed by atoms with Gasteiger partial charge in [-0.05, 0) is 37.6 Å². The van der Waals surface area contributed by atoms with E-state index in [-0.39, 0.29) is 12.5 Å². The van der Waals surface area contributed by atoms with Crippen molar-refractivity contribution in [2.45, 2.75) is 33.4 Å². The molecule has 2 aromatic rings. The maximum atomic E-state index is 12.1. The second-order valence-electron chi connectivity index (χ2n) is 5.78. The van der Waals surface area contributed by atoms with E-state index < -0.39 is 6.03 Å². The summed E-state index contributed by atoms with van der Waals surface area (Å²) in [7, 11) is 0. The molecule has 2 aromatic heterocycles. The van der Waals surface area contributed by atoms with Crippen molar-refractivity contribution in [3.05, 3.63) is 53.7 Å². The van der Waals surface area contributed by atoms with E-state index in [1.165, 1.54) is 0 Å². The van der Waals surface area contributed by atoms with Gasteiger partial charge in [0, 0.05) is 19.3 Å². The van der Waals surface area contributed by atoms with Crippen molar-refractivity contribution in [2.24, 2.45) is 0 Å². The van der Waals surface area contributed by atoms with Crippen molar-refractivity contribution in [3.8, 4) is 0 Å². The molecule has 7 nitrogen and oxygen atoms in total. The zero-order valence-electron chi connectivity index (χ0n) is 14.6. The molecule has 0 aliphatic carbocycles. The van der Waals surface area contributed by atoms with Crippen LogP contribution in [0.25, 0.3) is 0 Å². The molecule has 134 valence electrons. The number of hydrogen-bond donors (Lipinski definition) is 2. The van der Waals surface area contributed by atoms with Crippen molar-refractivity contribution in [3.63, 3.8) is 0 Å². The number of nitrogens with one attached hydrogen (secondary N) is 2. The summed E-state index contributed by atoms with van der Waals surface area (Å²) < 4.78 is 5.59. The average molecular weight is 344 g/mol. The first-order valence-electron chi connectivity index (χ1n) is 8.32. The predicted octanol–water partition coefficient (Wildman–Crippen LogP) is 2.22. The number of aromatic nitrogens is 1. The van der Waals surface area contributed by atoms with Gasteiger partial charge in [0.25, 0.3) is 0 Å². The smallest absolute Gasteiger partial charge is 0.321 e. The zero-order chi connectivity index (χ0) is 18.1. The molecule has 2 heterocycles. The molecule has 0 unspecified atom stereocenters. The lowest BCUT2D eigenvalue weighted by atomic mass is 10.3. The van der Waals surface area contributed by atoms with Gasteiger partial charge in [-0.2, -0.15) is 0 Å². The van der Waals surface area contributed by atoms with Crippen LogP contribution in [0, 0.1) is 6.92 Å². The predicted molar refractivity (Wildman–Crippen MR) is 93.6 cm³/mol. The molecule has 0 aromatic carbocycles. The van der Waals surface area contributed by atoms with Crippen LogP contribution in [0.15, 0.2) is 40.9 Å². The maximum absolute atomic E-state index is 12.1. The van der Waals surface area contributed by atoms with Gasteiger partial charge in [0.05, 0.1) is 18.8 Å². The Hall–Kier alpha value is -2.67. The second-order valence-corrected chi connectivity index (χ2v) is 5.78. The summed E-state index contributed by atoms with van der Waals surface area (Å²) in [6, 6.07) is 8.92. The number of carbonyl (C=O) groups excluding carboxylic acids is 2. The molecule has 2 N–H and O–H groups in total. The Bertz CT molecular complexity index is 685. The first-order chi connectivity index (χ1) is 12.1. The van der Waals surface area contributed by atoms with Crippen LogP contribution in [0.5, 0.6) is 0 Å². The molecule has 25 heavy (non-hydrogen) atoms. The van der Waals surface area contributed by atoms with Gasteiger partial charge in [-0.25, -0.2) is 4.79 Å². The Morgan fingerprint density at radius 1 is 1.20 bits per heavy atom. The monoisotopic (exact) mass is 344 g/mol. The van der Waals surface area contributed by atoms with Crippen LogP contribution in [0.4, 0.5) is 4.79 Å². The average Bonchev–Trinajstić information content (AvgIpc) is 2.98. The molecule has 7 heteroatoms. The van der Waals surface area contributed by atoms with E-state index in [4.69, 9.17) is 4.42 Å². The Kier molecular flexibility index (Phi) is 7.16. The van der Waals surface area contributed by atoms with Crippen LogP contribution in [-0.4, -0.2) is 34.9 Å². The number of nitrogens with zero attached hydrogens (tertiary/aromatic N) is 2. The number of carbonyl (C=O) groups is 2. The van der Waals surface area contributed by atoms with Gasteiger partial charge < -0.3 is 9.73 Å². The minimum absolute atomic E-state index is 0.0653. The summed E-state index contributed by atoms with van der Waals surface area (Å²) in [6.07, 6.45) is 2.52. The SMILES string of the molecule is CCCNC(=O)NC(=O)CN(Cc1ccccn1)Cc1ccc(C)o1. The molecule has 0 saturated carbocycles. The molecule has 3 amide bonds. The highest BCUT2D eigenvalue weighted by Crippen LogP contribution is 2.11. The summed E-state index contributed by atoms with van der Waals surface area (Å²) in [4.78, 5) is 29.9. The molecule has 0 saturated heterocycles. The van der Waals surface area contributed by atoms with Crippen molar-refractivity contribution in [1.82, 2.24) is 20.5 Å². The lowest BCUT2D eigenvalue weighted by Gasteiger charge is -2.20. The second kappa shape index (κ2) is 9.58. The molecule has 0 fully saturated rings. The van der Waals surface area contributed by atoms with Gasteiger partial charge in [-0.1, -0.05) is 13.0 Å². The quantitative estimate of drug-likeness (QED) is 0.767. The van der Waals surface area contributed by atoms with Crippen LogP contribution in [0.1, 0.15) is 30.6 Å². The summed E-state index contributed by atoms with van der Waals surface area (Å²) >= 11 is 0. The van der Waals surface area contributed by atoms with Crippen molar-refractivity contribution in [2.75, 3.05) is 13.1 Å². The lowest BCUT2D eigenvalue weighted by Crippen LogP contribution is -2.44. The summed E-state index contributed by atoms with van der Waals surface area (Å²) in [5, 5.41) is 4.96. The number of imide groups is 1. The molecule has 0 bridgehead atoms. The number of rotatable bonds is 8. The van der Waals surface area contributed by atoms with E-state index >= 15 is 0 Å². The summed E-state index contributed by atoms with van der Waals surface area (Å²) in [6.45, 7) is 5.34. The topological polar surface area (TPSA) is 87.5 Å². The Balaban J connectivity index is 1.98. The third-order valence-electron chi connectivity index (χ3n) is 3.44. The molecule has 0 radical (unpaired) electrons. The van der Waals surface area contributed by atoms with Gasteiger partial charge in [0.1, 0.15) is 11.5 Å². The molecule has 2 rings (SSSR count). The van der Waals surface area contributed by atoms with Gasteiger partial charge >= 0.3 is 6.03 Å². The highest BCUT2D eigenvalue weighted by molar-refractivity contribution is 5.95. The molecule has 0 atom stereocenters. The molecular weight excluding hydrogens is 320 g/mol. The summed E-state index contributed by atoms with van der Waals surface area (Å²) in [5.41, 5.74) is 0.842. The fraction of sp³-hybridized carbons (Fsp3) is 0.389. The number of urea groups is 1. The first-order valence-corrected chi connectivity index (χ1v) is 8.32. The maximum Gasteiger partial charge on any atom is 0.321 e. The first kappa shape index (κ1) is 18.7. The third-order valence-corrected chi connectivity index (χ3v) is 3.44. The van der Waals surface area contributed by atoms with Crippen molar-refractivity contribution in [1.29, 1.82) is 0 Å². The fourth-order valence-electron chi connectivity index (χ4n) is 2.33. The minimum atomic E-state index is -0.474. The van der Waals surface area contributed by atoms with Crippen LogP contribution in [-0.2, 0) is 17.9 Å². The molecule has 0 spiro atoms. The van der Waals surface area contributed by atoms with Crippen molar-refractivity contribution < 1.29 is 14.0 Å². The van der Waals surface area contributed by atoms with E-state index in [1.54, 1.807) is 6.20 Å². The molecule has 0 aliphatic rings. The van der Waals surface area contributed by atoms with Gasteiger partial charge in [0.2, 0.25) is 5.91 Å². The van der Waals surface area contributed by atoms with Gasteiger partial charge in [-0.15, -0.1) is 0 Å². The number of pyridine rings is 1. The minimum Gasteiger partial charge on any atom is -0.465 e. The van der Waals surface area contributed by atoms with Gasteiger partial charge in [-0.3, -0.25) is 20.0 Å². The number of amides is 3. The summed E-state index contributed by atoms with van der Waals surface area (Å²) in [5.74, 6) is 1.21. The highest BCUT2D eigenvalue weighted by atomic mass is 16.3. The van der Waals surface area contributed by atoms with Crippen LogP contribution >= 0.6 is 0 Å². The Morgan fingerprint density at radius 3 is 2.68 bits per heavy atom. The van der Waals surface area contributed by atoms with Gasteiger partial charge in [0.15, 0.2) is 0 Å². The van der Waals surface area contributed by atoms with Crippen LogP contribution < -0.4 is 10.6 Å². The van der Waals surface area contributed by atoms with E-state index in [9.17, 15) is 9.59 Å². The van der Waals surface area contributed by atoms with E-state index in [1.807, 2.05) is 49.1 Å². The molecule has 0 aliphatic heterocycles. The Labute approximate surface area is 147 Å². The normalized spacial score (nSPS) is 10.7. The van der Waals surface area contributed by atoms with Crippen LogP contribution in [0.2, 0.25) is 0 Å². The third kappa shape index (κ3) is 6.76. The van der Waals surface area contributed by atoms with E-state index in [0.717, 1.165) is 23.6 Å². The van der Waals surface area contributed by atoms with Crippen LogP contribution in [0.3, 0.4) is 0 Å². The Morgan fingerprint density at radius 2 is 2.04 bits per heavy atom. The van der Waals surface area contributed by atoms with Crippen molar-refractivity contribution >= 4 is 11.9 Å². The molecular formula is C18H24N4O3. The highest BCUT2D eigenvalue weighted by Gasteiger charge is 2.16. The number of aryl methyl sites for hydroxylation is 1.